The molecule has 0 aliphatic heterocycles. The van der Waals surface area contributed by atoms with Crippen molar-refractivity contribution in [3.63, 3.8) is 0 Å². The minimum Gasteiger partial charge on any atom is -0.494 e. The topological polar surface area (TPSA) is 65.7 Å². The van der Waals surface area contributed by atoms with Crippen LogP contribution in [0.5, 0.6) is 11.5 Å². The molecule has 4 aromatic rings. The highest BCUT2D eigenvalue weighted by atomic mass is 16.5. The maximum Gasteiger partial charge on any atom is 0.282 e. The van der Waals surface area contributed by atoms with Crippen molar-refractivity contribution in [1.82, 2.24) is 9.66 Å². The second-order valence-electron chi connectivity index (χ2n) is 8.61. The van der Waals surface area contributed by atoms with Crippen LogP contribution in [0.3, 0.4) is 0 Å². The molecule has 0 unspecified atom stereocenters. The molecule has 0 radical (unpaired) electrons. The van der Waals surface area contributed by atoms with E-state index in [0.29, 0.717) is 29.9 Å². The number of aryl methyl sites for hydroxylation is 1. The van der Waals surface area contributed by atoms with Gasteiger partial charge < -0.3 is 9.47 Å². The predicted molar refractivity (Wildman–Crippen MR) is 142 cm³/mol. The van der Waals surface area contributed by atoms with Gasteiger partial charge in [-0.15, -0.1) is 0 Å². The Kier molecular flexibility index (Phi) is 7.30. The molecule has 180 valence electrons. The lowest BCUT2D eigenvalue weighted by Gasteiger charge is -2.18. The number of fused-ring (bicyclic) bond motifs is 1. The summed E-state index contributed by atoms with van der Waals surface area (Å²) in [4.78, 5) is 18.4. The summed E-state index contributed by atoms with van der Waals surface area (Å²) in [5.74, 6) is 2.39. The zero-order valence-corrected chi connectivity index (χ0v) is 20.9. The van der Waals surface area contributed by atoms with Gasteiger partial charge in [0.2, 0.25) is 0 Å². The van der Waals surface area contributed by atoms with Crippen LogP contribution in [0.1, 0.15) is 50.3 Å². The van der Waals surface area contributed by atoms with E-state index in [1.807, 2.05) is 69.3 Å². The predicted octanol–water partition coefficient (Wildman–Crippen LogP) is 6.17. The highest BCUT2D eigenvalue weighted by molar-refractivity contribution is 5.82. The Morgan fingerprint density at radius 3 is 2.40 bits per heavy atom. The molecule has 0 saturated carbocycles. The van der Waals surface area contributed by atoms with Crippen molar-refractivity contribution in [2.24, 2.45) is 5.10 Å². The number of ether oxygens (including phenoxy) is 2. The second-order valence-corrected chi connectivity index (χ2v) is 8.61. The van der Waals surface area contributed by atoms with Gasteiger partial charge in [0.25, 0.3) is 5.56 Å². The van der Waals surface area contributed by atoms with Crippen LogP contribution in [0.25, 0.3) is 22.3 Å². The first-order chi connectivity index (χ1) is 16.9. The van der Waals surface area contributed by atoms with Gasteiger partial charge in [0.1, 0.15) is 11.5 Å². The van der Waals surface area contributed by atoms with E-state index in [1.165, 1.54) is 4.68 Å². The Morgan fingerprint density at radius 1 is 1.00 bits per heavy atom. The molecule has 1 aromatic heterocycles. The van der Waals surface area contributed by atoms with E-state index in [4.69, 9.17) is 14.5 Å². The first kappa shape index (κ1) is 24.2. The summed E-state index contributed by atoms with van der Waals surface area (Å²) in [6.07, 6.45) is 1.67. The van der Waals surface area contributed by atoms with E-state index in [9.17, 15) is 4.79 Å². The Bertz CT molecular complexity index is 1420. The fourth-order valence-corrected chi connectivity index (χ4v) is 4.02. The molecule has 0 saturated heterocycles. The van der Waals surface area contributed by atoms with E-state index in [2.05, 4.69) is 25.0 Å². The van der Waals surface area contributed by atoms with Crippen LogP contribution in [-0.2, 0) is 0 Å². The van der Waals surface area contributed by atoms with E-state index < -0.39 is 0 Å². The van der Waals surface area contributed by atoms with Gasteiger partial charge in [-0.2, -0.15) is 9.78 Å². The summed E-state index contributed by atoms with van der Waals surface area (Å²) in [7, 11) is 0. The average molecular weight is 470 g/mol. The fourth-order valence-electron chi connectivity index (χ4n) is 4.02. The highest BCUT2D eigenvalue weighted by Gasteiger charge is 2.18. The second kappa shape index (κ2) is 10.6. The monoisotopic (exact) mass is 469 g/mol. The number of hydrogen-bond donors (Lipinski definition) is 0. The highest BCUT2D eigenvalue weighted by Crippen LogP contribution is 2.34. The maximum atomic E-state index is 13.5. The van der Waals surface area contributed by atoms with Gasteiger partial charge in [0, 0.05) is 5.56 Å². The first-order valence-corrected chi connectivity index (χ1v) is 12.0. The largest absolute Gasteiger partial charge is 0.494 e. The van der Waals surface area contributed by atoms with Gasteiger partial charge in [0.15, 0.2) is 5.82 Å². The lowest BCUT2D eigenvalue weighted by atomic mass is 9.96. The van der Waals surface area contributed by atoms with Gasteiger partial charge in [-0.05, 0) is 91.9 Å². The maximum absolute atomic E-state index is 13.5. The molecule has 0 N–H and O–H groups in total. The summed E-state index contributed by atoms with van der Waals surface area (Å²) in [5, 5.41) is 5.12. The molecule has 0 bridgehead atoms. The zero-order valence-electron chi connectivity index (χ0n) is 20.9. The summed E-state index contributed by atoms with van der Waals surface area (Å²) in [5.41, 5.74) is 4.16. The molecule has 3 aromatic carbocycles. The number of para-hydroxylation sites is 1. The van der Waals surface area contributed by atoms with Crippen molar-refractivity contribution >= 4 is 17.1 Å². The van der Waals surface area contributed by atoms with Crippen LogP contribution in [0.2, 0.25) is 0 Å². The Balaban J connectivity index is 1.90. The van der Waals surface area contributed by atoms with Crippen LogP contribution < -0.4 is 15.0 Å². The summed E-state index contributed by atoms with van der Waals surface area (Å²) in [6, 6.07) is 19.1. The molecule has 0 amide bonds. The number of hydrogen-bond acceptors (Lipinski definition) is 5. The molecule has 1 heterocycles. The van der Waals surface area contributed by atoms with Gasteiger partial charge in [-0.25, -0.2) is 4.98 Å². The summed E-state index contributed by atoms with van der Waals surface area (Å²) in [6.45, 7) is 11.4. The van der Waals surface area contributed by atoms with Crippen LogP contribution >= 0.6 is 0 Å². The van der Waals surface area contributed by atoms with E-state index in [0.717, 1.165) is 33.8 Å². The van der Waals surface area contributed by atoms with Crippen molar-refractivity contribution in [2.45, 2.75) is 40.5 Å². The van der Waals surface area contributed by atoms with Gasteiger partial charge in [0.05, 0.1) is 30.3 Å². The molecule has 0 aliphatic carbocycles. The Morgan fingerprint density at radius 2 is 1.71 bits per heavy atom. The lowest BCUT2D eigenvalue weighted by Crippen LogP contribution is -2.20. The third kappa shape index (κ3) is 5.11. The normalized spacial score (nSPS) is 11.5. The lowest BCUT2D eigenvalue weighted by molar-refractivity contribution is 0.335. The molecule has 0 fully saturated rings. The Labute approximate surface area is 205 Å². The third-order valence-electron chi connectivity index (χ3n) is 5.79. The summed E-state index contributed by atoms with van der Waals surface area (Å²) >= 11 is 0. The van der Waals surface area contributed by atoms with E-state index in [-0.39, 0.29) is 11.5 Å². The van der Waals surface area contributed by atoms with Gasteiger partial charge >= 0.3 is 0 Å². The van der Waals surface area contributed by atoms with Crippen molar-refractivity contribution in [2.75, 3.05) is 13.2 Å². The minimum absolute atomic E-state index is 0.216. The zero-order chi connectivity index (χ0) is 24.9. The van der Waals surface area contributed by atoms with Crippen molar-refractivity contribution in [1.29, 1.82) is 0 Å². The molecule has 0 spiro atoms. The number of rotatable bonds is 8. The molecular formula is C29H31N3O3. The van der Waals surface area contributed by atoms with Crippen LogP contribution in [0, 0.1) is 6.92 Å². The number of benzene rings is 3. The quantitative estimate of drug-likeness (QED) is 0.289. The molecule has 4 rings (SSSR count). The van der Waals surface area contributed by atoms with E-state index >= 15 is 0 Å². The minimum atomic E-state index is -0.216. The molecule has 6 nitrogen and oxygen atoms in total. The average Bonchev–Trinajstić information content (AvgIpc) is 2.85. The number of nitrogens with zero attached hydrogens (tertiary/aromatic N) is 3. The van der Waals surface area contributed by atoms with Crippen molar-refractivity contribution < 1.29 is 9.47 Å². The SMILES string of the molecule is CCOc1ccc(C=Nn2c(-c3cc(C(C)C)c(OCC)cc3C)nc3ccccc3c2=O)cc1. The van der Waals surface area contributed by atoms with Crippen molar-refractivity contribution in [3.8, 4) is 22.9 Å². The fraction of sp³-hybridized carbons (Fsp3) is 0.276. The Hall–Kier alpha value is -3.93. The standard InChI is InChI=1S/C29H31N3O3/c1-6-34-22-14-12-21(13-15-22)18-30-32-28(31-26-11-9-8-10-23(26)29(32)33)25-17-24(19(3)4)27(35-7-2)16-20(25)5/h8-19H,6-7H2,1-5H3. The molecule has 35 heavy (non-hydrogen) atoms. The van der Waals surface area contributed by atoms with Gasteiger partial charge in [-0.1, -0.05) is 26.0 Å². The van der Waals surface area contributed by atoms with Crippen molar-refractivity contribution in [3.05, 3.63) is 87.7 Å². The third-order valence-corrected chi connectivity index (χ3v) is 5.79. The van der Waals surface area contributed by atoms with Crippen LogP contribution in [0.4, 0.5) is 0 Å². The first-order valence-electron chi connectivity index (χ1n) is 12.0. The van der Waals surface area contributed by atoms with E-state index in [1.54, 1.807) is 12.3 Å². The smallest absolute Gasteiger partial charge is 0.282 e. The number of aromatic nitrogens is 2. The molecule has 0 atom stereocenters. The van der Waals surface area contributed by atoms with Crippen LogP contribution in [0.15, 0.2) is 70.6 Å². The molecular weight excluding hydrogens is 438 g/mol. The van der Waals surface area contributed by atoms with Gasteiger partial charge in [-0.3, -0.25) is 4.79 Å². The molecule has 0 aliphatic rings. The molecule has 6 heteroatoms. The van der Waals surface area contributed by atoms with Crippen LogP contribution in [-0.4, -0.2) is 29.1 Å². The summed E-state index contributed by atoms with van der Waals surface area (Å²) < 4.78 is 12.8.